The molecule has 0 aliphatic carbocycles. The number of likely N-dealkylation sites (tertiary alicyclic amines) is 1. The highest BCUT2D eigenvalue weighted by Gasteiger charge is 2.37. The Balaban J connectivity index is 2.69. The largest absolute Gasteiger partial charge is 0.480 e. The first-order valence-electron chi connectivity index (χ1n) is 6.23. The van der Waals surface area contributed by atoms with E-state index < -0.39 is 5.97 Å². The van der Waals surface area contributed by atoms with Crippen LogP contribution in [0.2, 0.25) is 0 Å². The zero-order chi connectivity index (χ0) is 13.0. The minimum Gasteiger partial charge on any atom is -0.480 e. The molecule has 1 heterocycles. The van der Waals surface area contributed by atoms with E-state index in [1.54, 1.807) is 4.90 Å². The summed E-state index contributed by atoms with van der Waals surface area (Å²) < 4.78 is 0. The van der Waals surface area contributed by atoms with E-state index in [1.165, 1.54) is 0 Å². The van der Waals surface area contributed by atoms with Gasteiger partial charge < -0.3 is 10.0 Å². The Hall–Kier alpha value is -1.10. The second-order valence-electron chi connectivity index (χ2n) is 4.79. The van der Waals surface area contributed by atoms with Crippen LogP contribution in [0.15, 0.2) is 0 Å². The molecule has 1 atom stereocenters. The standard InChI is InChI=1S/C12H22N2O3/c1-4-6-13(8-11(15)16)10-5-7-14(9(2)3)12(10)17/h9-10H,4-8H2,1-3H3,(H,15,16). The number of carboxylic acid groups (broad SMARTS) is 1. The SMILES string of the molecule is CCCN(CC(=O)O)C1CCN(C(C)C)C1=O. The Kier molecular flexibility index (Phi) is 4.93. The minimum atomic E-state index is -0.866. The average molecular weight is 242 g/mol. The summed E-state index contributed by atoms with van der Waals surface area (Å²) in [5, 5.41) is 8.87. The fourth-order valence-electron chi connectivity index (χ4n) is 2.34. The highest BCUT2D eigenvalue weighted by Crippen LogP contribution is 2.19. The van der Waals surface area contributed by atoms with E-state index in [4.69, 9.17) is 5.11 Å². The first-order valence-corrected chi connectivity index (χ1v) is 6.23. The van der Waals surface area contributed by atoms with Crippen LogP contribution in [0.1, 0.15) is 33.6 Å². The maximum atomic E-state index is 12.1. The average Bonchev–Trinajstić information content (AvgIpc) is 2.58. The molecule has 1 rings (SSSR count). The lowest BCUT2D eigenvalue weighted by Crippen LogP contribution is -2.45. The van der Waals surface area contributed by atoms with Gasteiger partial charge in [0, 0.05) is 12.6 Å². The molecule has 0 bridgehead atoms. The Morgan fingerprint density at radius 3 is 2.65 bits per heavy atom. The Labute approximate surface area is 102 Å². The van der Waals surface area contributed by atoms with Crippen LogP contribution >= 0.6 is 0 Å². The topological polar surface area (TPSA) is 60.9 Å². The van der Waals surface area contributed by atoms with E-state index in [-0.39, 0.29) is 24.5 Å². The van der Waals surface area contributed by atoms with E-state index in [1.807, 2.05) is 25.7 Å². The van der Waals surface area contributed by atoms with Crippen LogP contribution in [0, 0.1) is 0 Å². The third-order valence-electron chi connectivity index (χ3n) is 3.12. The van der Waals surface area contributed by atoms with Crippen molar-refractivity contribution in [1.82, 2.24) is 9.80 Å². The number of rotatable bonds is 6. The summed E-state index contributed by atoms with van der Waals surface area (Å²) in [5.41, 5.74) is 0. The molecule has 1 aliphatic heterocycles. The number of nitrogens with zero attached hydrogens (tertiary/aromatic N) is 2. The fourth-order valence-corrected chi connectivity index (χ4v) is 2.34. The van der Waals surface area contributed by atoms with Crippen LogP contribution in [0.5, 0.6) is 0 Å². The van der Waals surface area contributed by atoms with Gasteiger partial charge in [0.15, 0.2) is 0 Å². The van der Waals surface area contributed by atoms with Crippen LogP contribution in [-0.4, -0.2) is 58.5 Å². The zero-order valence-corrected chi connectivity index (χ0v) is 10.8. The van der Waals surface area contributed by atoms with E-state index in [2.05, 4.69) is 0 Å². The molecule has 5 heteroatoms. The van der Waals surface area contributed by atoms with Gasteiger partial charge in [0.1, 0.15) is 0 Å². The molecular formula is C12H22N2O3. The summed E-state index contributed by atoms with van der Waals surface area (Å²) in [6.07, 6.45) is 1.60. The lowest BCUT2D eigenvalue weighted by molar-refractivity contribution is -0.140. The van der Waals surface area contributed by atoms with E-state index in [0.717, 1.165) is 19.4 Å². The van der Waals surface area contributed by atoms with Crippen molar-refractivity contribution in [3.8, 4) is 0 Å². The van der Waals surface area contributed by atoms with Gasteiger partial charge in [-0.25, -0.2) is 0 Å². The van der Waals surface area contributed by atoms with E-state index in [0.29, 0.717) is 6.54 Å². The second-order valence-corrected chi connectivity index (χ2v) is 4.79. The van der Waals surface area contributed by atoms with E-state index in [9.17, 15) is 9.59 Å². The van der Waals surface area contributed by atoms with Crippen LogP contribution in [0.4, 0.5) is 0 Å². The second kappa shape index (κ2) is 6.00. The van der Waals surface area contributed by atoms with Crippen molar-refractivity contribution in [2.75, 3.05) is 19.6 Å². The van der Waals surface area contributed by atoms with Gasteiger partial charge in [-0.1, -0.05) is 6.92 Å². The number of hydrogen-bond acceptors (Lipinski definition) is 3. The molecule has 1 amide bonds. The molecule has 17 heavy (non-hydrogen) atoms. The first kappa shape index (κ1) is 14.0. The number of carboxylic acids is 1. The van der Waals surface area contributed by atoms with Crippen molar-refractivity contribution >= 4 is 11.9 Å². The number of carbonyl (C=O) groups is 2. The summed E-state index contributed by atoms with van der Waals surface area (Å²) in [4.78, 5) is 26.5. The number of hydrogen-bond donors (Lipinski definition) is 1. The molecule has 0 spiro atoms. The summed E-state index contributed by atoms with van der Waals surface area (Å²) in [6.45, 7) is 7.32. The lowest BCUT2D eigenvalue weighted by Gasteiger charge is -2.27. The molecule has 5 nitrogen and oxygen atoms in total. The quantitative estimate of drug-likeness (QED) is 0.748. The van der Waals surface area contributed by atoms with Crippen molar-refractivity contribution in [3.05, 3.63) is 0 Å². The molecule has 1 N–H and O–H groups in total. The molecule has 1 aliphatic rings. The van der Waals surface area contributed by atoms with Gasteiger partial charge in [0.05, 0.1) is 12.6 Å². The molecule has 0 aromatic heterocycles. The van der Waals surface area contributed by atoms with Gasteiger partial charge in [0.25, 0.3) is 0 Å². The van der Waals surface area contributed by atoms with Crippen molar-refractivity contribution in [1.29, 1.82) is 0 Å². The van der Waals surface area contributed by atoms with Gasteiger partial charge in [-0.05, 0) is 33.2 Å². The van der Waals surface area contributed by atoms with Gasteiger partial charge in [-0.3, -0.25) is 14.5 Å². The monoisotopic (exact) mass is 242 g/mol. The van der Waals surface area contributed by atoms with Crippen LogP contribution < -0.4 is 0 Å². The molecule has 98 valence electrons. The molecule has 1 saturated heterocycles. The van der Waals surface area contributed by atoms with Gasteiger partial charge in [-0.15, -0.1) is 0 Å². The van der Waals surface area contributed by atoms with Crippen molar-refractivity contribution < 1.29 is 14.7 Å². The summed E-state index contributed by atoms with van der Waals surface area (Å²) >= 11 is 0. The molecule has 0 aromatic rings. The molecule has 0 aromatic carbocycles. The van der Waals surface area contributed by atoms with Crippen LogP contribution in [-0.2, 0) is 9.59 Å². The van der Waals surface area contributed by atoms with Crippen LogP contribution in [0.25, 0.3) is 0 Å². The molecule has 1 unspecified atom stereocenters. The van der Waals surface area contributed by atoms with Crippen molar-refractivity contribution in [2.24, 2.45) is 0 Å². The van der Waals surface area contributed by atoms with E-state index >= 15 is 0 Å². The maximum absolute atomic E-state index is 12.1. The Morgan fingerprint density at radius 2 is 2.24 bits per heavy atom. The predicted molar refractivity (Wildman–Crippen MR) is 64.8 cm³/mol. The fraction of sp³-hybridized carbons (Fsp3) is 0.833. The zero-order valence-electron chi connectivity index (χ0n) is 10.8. The predicted octanol–water partition coefficient (Wildman–Crippen LogP) is 0.792. The smallest absolute Gasteiger partial charge is 0.317 e. The third-order valence-corrected chi connectivity index (χ3v) is 3.12. The normalized spacial score (nSPS) is 20.6. The molecule has 0 radical (unpaired) electrons. The van der Waals surface area contributed by atoms with Gasteiger partial charge >= 0.3 is 5.97 Å². The molecule has 0 saturated carbocycles. The Morgan fingerprint density at radius 1 is 1.59 bits per heavy atom. The minimum absolute atomic E-state index is 0.0455. The highest BCUT2D eigenvalue weighted by atomic mass is 16.4. The number of carbonyl (C=O) groups excluding carboxylic acids is 1. The number of amides is 1. The maximum Gasteiger partial charge on any atom is 0.317 e. The lowest BCUT2D eigenvalue weighted by atomic mass is 10.2. The van der Waals surface area contributed by atoms with Crippen molar-refractivity contribution in [2.45, 2.75) is 45.7 Å². The van der Waals surface area contributed by atoms with Crippen molar-refractivity contribution in [3.63, 3.8) is 0 Å². The summed E-state index contributed by atoms with van der Waals surface area (Å²) in [7, 11) is 0. The third kappa shape index (κ3) is 3.43. The van der Waals surface area contributed by atoms with Gasteiger partial charge in [0.2, 0.25) is 5.91 Å². The summed E-state index contributed by atoms with van der Waals surface area (Å²) in [6, 6.07) is -0.0470. The summed E-state index contributed by atoms with van der Waals surface area (Å²) in [5.74, 6) is -0.788. The Bertz CT molecular complexity index is 291. The molecule has 1 fully saturated rings. The number of aliphatic carboxylic acids is 1. The molecular weight excluding hydrogens is 220 g/mol. The first-order chi connectivity index (χ1) is 7.97. The van der Waals surface area contributed by atoms with Crippen LogP contribution in [0.3, 0.4) is 0 Å². The van der Waals surface area contributed by atoms with Gasteiger partial charge in [-0.2, -0.15) is 0 Å². The highest BCUT2D eigenvalue weighted by molar-refractivity contribution is 5.84.